The number of nitrogens with two attached hydrogens (primary N) is 1. The highest BCUT2D eigenvalue weighted by Gasteiger charge is 2.54. The molecule has 0 fully saturated rings. The van der Waals surface area contributed by atoms with Crippen LogP contribution in [0.3, 0.4) is 0 Å². The van der Waals surface area contributed by atoms with E-state index in [4.69, 9.17) is 5.73 Å². The first-order valence-electron chi connectivity index (χ1n) is 5.25. The van der Waals surface area contributed by atoms with E-state index >= 15 is 0 Å². The van der Waals surface area contributed by atoms with Crippen LogP contribution < -0.4 is 5.73 Å². The molecule has 16 heavy (non-hydrogen) atoms. The summed E-state index contributed by atoms with van der Waals surface area (Å²) in [6.45, 7) is 4.61. The molecule has 0 rings (SSSR count). The van der Waals surface area contributed by atoms with E-state index in [1.165, 1.54) is 13.8 Å². The zero-order valence-corrected chi connectivity index (χ0v) is 9.73. The summed E-state index contributed by atoms with van der Waals surface area (Å²) in [6, 6.07) is -2.19. The third-order valence-electron chi connectivity index (χ3n) is 2.89. The Morgan fingerprint density at radius 2 is 1.69 bits per heavy atom. The highest BCUT2D eigenvalue weighted by molar-refractivity contribution is 5.77. The topological polar surface area (TPSA) is 52.3 Å². The average Bonchev–Trinajstić information content (AvgIpc) is 2.19. The SMILES string of the molecule is CCOC(=O)C(CC)(CC)[C@H](N)C(F)(F)F. The van der Waals surface area contributed by atoms with Crippen LogP contribution in [0.5, 0.6) is 0 Å². The molecule has 6 heteroatoms. The second kappa shape index (κ2) is 5.52. The summed E-state index contributed by atoms with van der Waals surface area (Å²) in [5.74, 6) is -0.871. The molecule has 0 unspecified atom stereocenters. The van der Waals surface area contributed by atoms with Gasteiger partial charge in [-0.15, -0.1) is 0 Å². The van der Waals surface area contributed by atoms with E-state index in [0.29, 0.717) is 0 Å². The molecule has 0 bridgehead atoms. The van der Waals surface area contributed by atoms with Gasteiger partial charge in [0.1, 0.15) is 6.04 Å². The minimum atomic E-state index is -4.60. The van der Waals surface area contributed by atoms with Crippen molar-refractivity contribution in [2.24, 2.45) is 11.1 Å². The van der Waals surface area contributed by atoms with Gasteiger partial charge in [0.15, 0.2) is 0 Å². The first kappa shape index (κ1) is 15.2. The molecular formula is C10H18F3NO2. The van der Waals surface area contributed by atoms with E-state index in [1.54, 1.807) is 6.92 Å². The van der Waals surface area contributed by atoms with Gasteiger partial charge in [-0.3, -0.25) is 4.79 Å². The summed E-state index contributed by atoms with van der Waals surface area (Å²) in [5.41, 5.74) is 3.48. The highest BCUT2D eigenvalue weighted by Crippen LogP contribution is 2.39. The molecule has 0 amide bonds. The average molecular weight is 241 g/mol. The summed E-state index contributed by atoms with van der Waals surface area (Å²) >= 11 is 0. The lowest BCUT2D eigenvalue weighted by Gasteiger charge is -2.35. The Bertz CT molecular complexity index is 237. The lowest BCUT2D eigenvalue weighted by atomic mass is 9.75. The van der Waals surface area contributed by atoms with Crippen LogP contribution in [0, 0.1) is 5.41 Å². The molecule has 0 aromatic carbocycles. The summed E-state index contributed by atoms with van der Waals surface area (Å²) in [6.07, 6.45) is -4.59. The van der Waals surface area contributed by atoms with Crippen LogP contribution >= 0.6 is 0 Å². The number of hydrogen-bond acceptors (Lipinski definition) is 3. The van der Waals surface area contributed by atoms with Crippen molar-refractivity contribution >= 4 is 5.97 Å². The van der Waals surface area contributed by atoms with Crippen LogP contribution in [-0.4, -0.2) is 24.8 Å². The van der Waals surface area contributed by atoms with Gasteiger partial charge in [0.2, 0.25) is 0 Å². The van der Waals surface area contributed by atoms with Crippen molar-refractivity contribution in [2.45, 2.75) is 45.8 Å². The van der Waals surface area contributed by atoms with Gasteiger partial charge in [-0.05, 0) is 19.8 Å². The van der Waals surface area contributed by atoms with Gasteiger partial charge in [0.05, 0.1) is 12.0 Å². The molecule has 0 saturated carbocycles. The smallest absolute Gasteiger partial charge is 0.404 e. The maximum Gasteiger partial charge on any atom is 0.404 e. The zero-order chi connectivity index (χ0) is 13.0. The third kappa shape index (κ3) is 2.87. The van der Waals surface area contributed by atoms with E-state index in [0.717, 1.165) is 0 Å². The van der Waals surface area contributed by atoms with Crippen molar-refractivity contribution in [3.63, 3.8) is 0 Å². The number of esters is 1. The van der Waals surface area contributed by atoms with E-state index in [9.17, 15) is 18.0 Å². The zero-order valence-electron chi connectivity index (χ0n) is 9.73. The van der Waals surface area contributed by atoms with Crippen molar-refractivity contribution in [3.05, 3.63) is 0 Å². The summed E-state index contributed by atoms with van der Waals surface area (Å²) in [7, 11) is 0. The van der Waals surface area contributed by atoms with E-state index < -0.39 is 23.6 Å². The van der Waals surface area contributed by atoms with Crippen molar-refractivity contribution in [1.29, 1.82) is 0 Å². The molecule has 0 aromatic rings. The van der Waals surface area contributed by atoms with Crippen LogP contribution in [0.2, 0.25) is 0 Å². The third-order valence-corrected chi connectivity index (χ3v) is 2.89. The van der Waals surface area contributed by atoms with Crippen molar-refractivity contribution < 1.29 is 22.7 Å². The second-order valence-electron chi connectivity index (χ2n) is 3.60. The molecule has 0 spiro atoms. The number of halogens is 3. The number of carbonyl (C=O) groups is 1. The molecule has 0 aliphatic rings. The van der Waals surface area contributed by atoms with Crippen LogP contribution in [0.25, 0.3) is 0 Å². The quantitative estimate of drug-likeness (QED) is 0.751. The molecule has 0 aliphatic carbocycles. The maximum absolute atomic E-state index is 12.6. The van der Waals surface area contributed by atoms with Gasteiger partial charge in [-0.2, -0.15) is 13.2 Å². The fourth-order valence-corrected chi connectivity index (χ4v) is 1.69. The molecule has 0 aliphatic heterocycles. The fraction of sp³-hybridized carbons (Fsp3) is 0.900. The predicted octanol–water partition coefficient (Wildman–Crippen LogP) is 2.25. The van der Waals surface area contributed by atoms with Crippen LogP contribution in [0.15, 0.2) is 0 Å². The van der Waals surface area contributed by atoms with Gasteiger partial charge in [-0.1, -0.05) is 13.8 Å². The summed E-state index contributed by atoms with van der Waals surface area (Å²) in [5, 5.41) is 0. The number of rotatable bonds is 5. The molecule has 96 valence electrons. The number of alkyl halides is 3. The summed E-state index contributed by atoms with van der Waals surface area (Å²) in [4.78, 5) is 11.6. The molecule has 0 radical (unpaired) electrons. The predicted molar refractivity (Wildman–Crippen MR) is 53.7 cm³/mol. The molecule has 2 N–H and O–H groups in total. The lowest BCUT2D eigenvalue weighted by molar-refractivity contribution is -0.193. The van der Waals surface area contributed by atoms with Crippen molar-refractivity contribution in [3.8, 4) is 0 Å². The molecular weight excluding hydrogens is 223 g/mol. The Morgan fingerprint density at radius 3 is 1.94 bits per heavy atom. The Hall–Kier alpha value is -0.780. The molecule has 0 aromatic heterocycles. The Morgan fingerprint density at radius 1 is 1.25 bits per heavy atom. The minimum Gasteiger partial charge on any atom is -0.466 e. The highest BCUT2D eigenvalue weighted by atomic mass is 19.4. The monoisotopic (exact) mass is 241 g/mol. The molecule has 3 nitrogen and oxygen atoms in total. The van der Waals surface area contributed by atoms with Gasteiger partial charge in [0, 0.05) is 0 Å². The Kier molecular flexibility index (Phi) is 5.25. The van der Waals surface area contributed by atoms with Crippen molar-refractivity contribution in [2.75, 3.05) is 6.61 Å². The Balaban J connectivity index is 5.17. The van der Waals surface area contributed by atoms with Crippen molar-refractivity contribution in [1.82, 2.24) is 0 Å². The number of carbonyl (C=O) groups excluding carboxylic acids is 1. The van der Waals surface area contributed by atoms with Gasteiger partial charge >= 0.3 is 12.1 Å². The first-order chi connectivity index (χ1) is 7.26. The fourth-order valence-electron chi connectivity index (χ4n) is 1.69. The molecule has 0 heterocycles. The lowest BCUT2D eigenvalue weighted by Crippen LogP contribution is -2.55. The minimum absolute atomic E-state index is 0.00299. The van der Waals surface area contributed by atoms with Crippen LogP contribution in [0.4, 0.5) is 13.2 Å². The Labute approximate surface area is 93.1 Å². The maximum atomic E-state index is 12.6. The number of hydrogen-bond donors (Lipinski definition) is 1. The molecule has 1 atom stereocenters. The normalized spacial score (nSPS) is 14.7. The van der Waals surface area contributed by atoms with E-state index in [-0.39, 0.29) is 19.4 Å². The molecule has 0 saturated heterocycles. The summed E-state index contributed by atoms with van der Waals surface area (Å²) < 4.78 is 42.4. The van der Waals surface area contributed by atoms with E-state index in [1.807, 2.05) is 0 Å². The van der Waals surface area contributed by atoms with Crippen LogP contribution in [-0.2, 0) is 9.53 Å². The van der Waals surface area contributed by atoms with Gasteiger partial charge < -0.3 is 10.5 Å². The van der Waals surface area contributed by atoms with Gasteiger partial charge in [0.25, 0.3) is 0 Å². The second-order valence-corrected chi connectivity index (χ2v) is 3.60. The number of ether oxygens (including phenoxy) is 1. The van der Waals surface area contributed by atoms with Crippen LogP contribution in [0.1, 0.15) is 33.6 Å². The van der Waals surface area contributed by atoms with E-state index in [2.05, 4.69) is 4.74 Å². The standard InChI is InChI=1S/C10H18F3NO2/c1-4-9(5-2,8(15)16-6-3)7(14)10(11,12)13/h7H,4-6,14H2,1-3H3/t7-/m0/s1. The van der Waals surface area contributed by atoms with Gasteiger partial charge in [-0.25, -0.2) is 0 Å². The first-order valence-corrected chi connectivity index (χ1v) is 5.25. The largest absolute Gasteiger partial charge is 0.466 e.